The molecular formula is C15H22N2O2. The van der Waals surface area contributed by atoms with Crippen LogP contribution in [-0.4, -0.2) is 30.6 Å². The average Bonchev–Trinajstić information content (AvgIpc) is 2.36. The van der Waals surface area contributed by atoms with Gasteiger partial charge in [0.25, 0.3) is 0 Å². The number of amides is 1. The first-order valence-corrected chi connectivity index (χ1v) is 6.52. The minimum Gasteiger partial charge on any atom is -0.495 e. The number of ether oxygens (including phenoxy) is 1. The van der Waals surface area contributed by atoms with Gasteiger partial charge in [-0.15, -0.1) is 0 Å². The second kappa shape index (κ2) is 4.53. The van der Waals surface area contributed by atoms with Gasteiger partial charge in [-0.3, -0.25) is 4.79 Å². The van der Waals surface area contributed by atoms with E-state index in [-0.39, 0.29) is 11.4 Å². The standard InChI is InChI=1S/C15H22N2O2/c1-14(2)10-16-15(3,4)13(18)17(14)11-8-6-7-9-12(11)19-5/h6-9,16H,10H2,1-5H3. The minimum atomic E-state index is -0.559. The van der Waals surface area contributed by atoms with Crippen LogP contribution in [0.25, 0.3) is 0 Å². The maximum atomic E-state index is 12.7. The summed E-state index contributed by atoms with van der Waals surface area (Å²) in [4.78, 5) is 14.6. The van der Waals surface area contributed by atoms with Crippen molar-refractivity contribution in [2.24, 2.45) is 0 Å². The normalized spacial score (nSPS) is 21.3. The van der Waals surface area contributed by atoms with Gasteiger partial charge in [-0.25, -0.2) is 0 Å². The molecule has 1 fully saturated rings. The molecule has 19 heavy (non-hydrogen) atoms. The van der Waals surface area contributed by atoms with E-state index in [1.807, 2.05) is 43.0 Å². The summed E-state index contributed by atoms with van der Waals surface area (Å²) in [6.07, 6.45) is 0. The van der Waals surface area contributed by atoms with E-state index < -0.39 is 5.54 Å². The molecule has 0 saturated carbocycles. The summed E-state index contributed by atoms with van der Waals surface area (Å²) in [5.41, 5.74) is -0.0213. The van der Waals surface area contributed by atoms with Gasteiger partial charge in [-0.05, 0) is 39.8 Å². The molecule has 4 nitrogen and oxygen atoms in total. The smallest absolute Gasteiger partial charge is 0.247 e. The summed E-state index contributed by atoms with van der Waals surface area (Å²) < 4.78 is 5.39. The lowest BCUT2D eigenvalue weighted by Crippen LogP contribution is -2.69. The molecule has 1 aliphatic rings. The molecule has 2 rings (SSSR count). The summed E-state index contributed by atoms with van der Waals surface area (Å²) in [6, 6.07) is 7.65. The third-order valence-corrected chi connectivity index (χ3v) is 3.63. The van der Waals surface area contributed by atoms with Crippen LogP contribution in [0.3, 0.4) is 0 Å². The Kier molecular flexibility index (Phi) is 3.31. The van der Waals surface area contributed by atoms with Gasteiger partial charge in [0.1, 0.15) is 5.75 Å². The van der Waals surface area contributed by atoms with Crippen molar-refractivity contribution < 1.29 is 9.53 Å². The molecule has 0 radical (unpaired) electrons. The van der Waals surface area contributed by atoms with E-state index in [4.69, 9.17) is 4.74 Å². The van der Waals surface area contributed by atoms with Crippen molar-refractivity contribution in [2.45, 2.75) is 38.8 Å². The van der Waals surface area contributed by atoms with E-state index in [2.05, 4.69) is 19.2 Å². The van der Waals surface area contributed by atoms with Crippen molar-refractivity contribution in [1.82, 2.24) is 5.32 Å². The van der Waals surface area contributed by atoms with Crippen LogP contribution in [0.1, 0.15) is 27.7 Å². The fraction of sp³-hybridized carbons (Fsp3) is 0.533. The number of hydrogen-bond acceptors (Lipinski definition) is 3. The molecule has 104 valence electrons. The maximum absolute atomic E-state index is 12.7. The molecule has 0 atom stereocenters. The van der Waals surface area contributed by atoms with E-state index in [0.717, 1.165) is 18.0 Å². The lowest BCUT2D eigenvalue weighted by atomic mass is 9.90. The number of carbonyl (C=O) groups excluding carboxylic acids is 1. The van der Waals surface area contributed by atoms with Gasteiger partial charge in [0.05, 0.1) is 23.9 Å². The zero-order chi connectivity index (χ0) is 14.3. The molecule has 0 unspecified atom stereocenters. The average molecular weight is 262 g/mol. The van der Waals surface area contributed by atoms with Crippen LogP contribution < -0.4 is 15.0 Å². The Hall–Kier alpha value is -1.55. The van der Waals surface area contributed by atoms with Gasteiger partial charge in [-0.2, -0.15) is 0 Å². The molecule has 1 N–H and O–H groups in total. The molecule has 1 heterocycles. The minimum absolute atomic E-state index is 0.0632. The summed E-state index contributed by atoms with van der Waals surface area (Å²) in [6.45, 7) is 8.67. The first kappa shape index (κ1) is 13.9. The molecular weight excluding hydrogens is 240 g/mol. The number of benzene rings is 1. The highest BCUT2D eigenvalue weighted by molar-refractivity contribution is 6.02. The topological polar surface area (TPSA) is 41.6 Å². The Morgan fingerprint density at radius 2 is 1.84 bits per heavy atom. The molecule has 0 spiro atoms. The fourth-order valence-electron chi connectivity index (χ4n) is 2.40. The molecule has 0 bridgehead atoms. The van der Waals surface area contributed by atoms with Crippen molar-refractivity contribution >= 4 is 11.6 Å². The van der Waals surface area contributed by atoms with Crippen LogP contribution >= 0.6 is 0 Å². The number of rotatable bonds is 2. The van der Waals surface area contributed by atoms with Crippen LogP contribution in [0.4, 0.5) is 5.69 Å². The summed E-state index contributed by atoms with van der Waals surface area (Å²) in [5, 5.41) is 3.30. The number of piperazine rings is 1. The Morgan fingerprint density at radius 1 is 1.21 bits per heavy atom. The lowest BCUT2D eigenvalue weighted by Gasteiger charge is -2.49. The van der Waals surface area contributed by atoms with Crippen molar-refractivity contribution in [3.8, 4) is 5.75 Å². The molecule has 1 saturated heterocycles. The zero-order valence-corrected chi connectivity index (χ0v) is 12.3. The van der Waals surface area contributed by atoms with E-state index in [9.17, 15) is 4.79 Å². The predicted octanol–water partition coefficient (Wildman–Crippen LogP) is 2.19. The number of nitrogens with zero attached hydrogens (tertiary/aromatic N) is 1. The highest BCUT2D eigenvalue weighted by Gasteiger charge is 2.45. The van der Waals surface area contributed by atoms with Gasteiger partial charge in [0, 0.05) is 6.54 Å². The number of methoxy groups -OCH3 is 1. The number of carbonyl (C=O) groups is 1. The summed E-state index contributed by atoms with van der Waals surface area (Å²) in [5.74, 6) is 0.787. The Labute approximate surface area is 114 Å². The Balaban J connectivity index is 2.53. The lowest BCUT2D eigenvalue weighted by molar-refractivity contribution is -0.126. The third-order valence-electron chi connectivity index (χ3n) is 3.63. The number of anilines is 1. The first-order chi connectivity index (χ1) is 8.79. The van der Waals surface area contributed by atoms with Gasteiger partial charge < -0.3 is 15.0 Å². The van der Waals surface area contributed by atoms with Crippen LogP contribution in [0.15, 0.2) is 24.3 Å². The Bertz CT molecular complexity index is 495. The first-order valence-electron chi connectivity index (χ1n) is 6.52. The number of nitrogens with one attached hydrogen (secondary N) is 1. The summed E-state index contributed by atoms with van der Waals surface area (Å²) >= 11 is 0. The molecule has 4 heteroatoms. The SMILES string of the molecule is COc1ccccc1N1C(=O)C(C)(C)NCC1(C)C. The fourth-order valence-corrected chi connectivity index (χ4v) is 2.40. The second-order valence-electron chi connectivity index (χ2n) is 6.10. The molecule has 1 aliphatic heterocycles. The molecule has 1 aromatic carbocycles. The van der Waals surface area contributed by atoms with E-state index in [1.165, 1.54) is 0 Å². The second-order valence-corrected chi connectivity index (χ2v) is 6.10. The van der Waals surface area contributed by atoms with Crippen molar-refractivity contribution in [2.75, 3.05) is 18.6 Å². The maximum Gasteiger partial charge on any atom is 0.247 e. The molecule has 1 amide bonds. The van der Waals surface area contributed by atoms with Crippen LogP contribution in [0.5, 0.6) is 5.75 Å². The van der Waals surface area contributed by atoms with E-state index >= 15 is 0 Å². The number of hydrogen-bond donors (Lipinski definition) is 1. The van der Waals surface area contributed by atoms with Gasteiger partial charge in [0.15, 0.2) is 0 Å². The van der Waals surface area contributed by atoms with E-state index in [1.54, 1.807) is 7.11 Å². The van der Waals surface area contributed by atoms with Crippen LogP contribution in [-0.2, 0) is 4.79 Å². The van der Waals surface area contributed by atoms with Gasteiger partial charge >= 0.3 is 0 Å². The van der Waals surface area contributed by atoms with Crippen LogP contribution in [0, 0.1) is 0 Å². The van der Waals surface area contributed by atoms with E-state index in [0.29, 0.717) is 0 Å². The van der Waals surface area contributed by atoms with Crippen molar-refractivity contribution in [3.05, 3.63) is 24.3 Å². The molecule has 0 aromatic heterocycles. The molecule has 1 aromatic rings. The Morgan fingerprint density at radius 3 is 2.47 bits per heavy atom. The van der Waals surface area contributed by atoms with Crippen molar-refractivity contribution in [1.29, 1.82) is 0 Å². The third kappa shape index (κ3) is 2.32. The van der Waals surface area contributed by atoms with Gasteiger partial charge in [0.2, 0.25) is 5.91 Å². The monoisotopic (exact) mass is 262 g/mol. The number of para-hydroxylation sites is 2. The zero-order valence-electron chi connectivity index (χ0n) is 12.3. The predicted molar refractivity (Wildman–Crippen MR) is 76.6 cm³/mol. The van der Waals surface area contributed by atoms with Crippen LogP contribution in [0.2, 0.25) is 0 Å². The highest BCUT2D eigenvalue weighted by atomic mass is 16.5. The van der Waals surface area contributed by atoms with Gasteiger partial charge in [-0.1, -0.05) is 12.1 Å². The van der Waals surface area contributed by atoms with Crippen molar-refractivity contribution in [3.63, 3.8) is 0 Å². The summed E-state index contributed by atoms with van der Waals surface area (Å²) in [7, 11) is 1.63. The largest absolute Gasteiger partial charge is 0.495 e. The quantitative estimate of drug-likeness (QED) is 0.888. The molecule has 0 aliphatic carbocycles. The highest BCUT2D eigenvalue weighted by Crippen LogP contribution is 2.36.